The fraction of sp³-hybridized carbons (Fsp3) is 0.0769. The highest BCUT2D eigenvalue weighted by molar-refractivity contribution is 5.55. The molecule has 88 valence electrons. The highest BCUT2D eigenvalue weighted by Gasteiger charge is 2.04. The molecule has 0 aromatic carbocycles. The van der Waals surface area contributed by atoms with E-state index in [0.29, 0.717) is 6.54 Å². The average molecular weight is 237 g/mol. The standard InChI is InChI=1S/C13H11N5/c1-2-7-15-12(5-1)9-18-10-13(16-17-18)11-4-3-6-14-8-11/h1-8,10H,9H2. The van der Waals surface area contributed by atoms with E-state index in [1.165, 1.54) is 0 Å². The lowest BCUT2D eigenvalue weighted by Crippen LogP contribution is -2.01. The third-order valence-corrected chi connectivity index (χ3v) is 2.55. The van der Waals surface area contributed by atoms with Gasteiger partial charge in [0.15, 0.2) is 0 Å². The van der Waals surface area contributed by atoms with Gasteiger partial charge in [0.05, 0.1) is 18.4 Å². The van der Waals surface area contributed by atoms with Gasteiger partial charge in [-0.25, -0.2) is 4.68 Å². The molecule has 3 heterocycles. The van der Waals surface area contributed by atoms with Crippen molar-refractivity contribution in [2.75, 3.05) is 0 Å². The number of rotatable bonds is 3. The molecule has 5 nitrogen and oxygen atoms in total. The van der Waals surface area contributed by atoms with Crippen LogP contribution >= 0.6 is 0 Å². The fourth-order valence-electron chi connectivity index (χ4n) is 1.68. The molecule has 0 atom stereocenters. The average Bonchev–Trinajstić information content (AvgIpc) is 2.89. The summed E-state index contributed by atoms with van der Waals surface area (Å²) in [5, 5.41) is 8.21. The Kier molecular flexibility index (Phi) is 2.79. The lowest BCUT2D eigenvalue weighted by Gasteiger charge is -1.98. The minimum Gasteiger partial charge on any atom is -0.264 e. The van der Waals surface area contributed by atoms with Crippen LogP contribution in [-0.2, 0) is 6.54 Å². The van der Waals surface area contributed by atoms with Crippen molar-refractivity contribution in [3.05, 3.63) is 60.8 Å². The van der Waals surface area contributed by atoms with Crippen LogP contribution in [0.5, 0.6) is 0 Å². The second-order valence-corrected chi connectivity index (χ2v) is 3.86. The third kappa shape index (κ3) is 2.24. The lowest BCUT2D eigenvalue weighted by molar-refractivity contribution is 0.639. The summed E-state index contributed by atoms with van der Waals surface area (Å²) in [6.45, 7) is 0.619. The van der Waals surface area contributed by atoms with Crippen molar-refractivity contribution in [2.45, 2.75) is 6.54 Å². The summed E-state index contributed by atoms with van der Waals surface area (Å²) in [5.74, 6) is 0. The van der Waals surface area contributed by atoms with E-state index in [-0.39, 0.29) is 0 Å². The maximum atomic E-state index is 4.26. The first-order valence-corrected chi connectivity index (χ1v) is 5.62. The van der Waals surface area contributed by atoms with Crippen LogP contribution in [0.4, 0.5) is 0 Å². The van der Waals surface area contributed by atoms with Gasteiger partial charge in [0.1, 0.15) is 5.69 Å². The van der Waals surface area contributed by atoms with Crippen molar-refractivity contribution >= 4 is 0 Å². The summed E-state index contributed by atoms with van der Waals surface area (Å²) in [5.41, 5.74) is 2.74. The molecule has 0 unspecified atom stereocenters. The summed E-state index contributed by atoms with van der Waals surface area (Å²) < 4.78 is 1.77. The molecule has 0 saturated carbocycles. The molecule has 3 rings (SSSR count). The zero-order valence-electron chi connectivity index (χ0n) is 9.64. The van der Waals surface area contributed by atoms with Gasteiger partial charge in [0.25, 0.3) is 0 Å². The Morgan fingerprint density at radius 3 is 2.83 bits per heavy atom. The number of hydrogen-bond acceptors (Lipinski definition) is 4. The maximum absolute atomic E-state index is 4.26. The molecule has 0 aliphatic heterocycles. The fourth-order valence-corrected chi connectivity index (χ4v) is 1.68. The van der Waals surface area contributed by atoms with E-state index >= 15 is 0 Å². The van der Waals surface area contributed by atoms with Gasteiger partial charge in [-0.1, -0.05) is 11.3 Å². The molecule has 0 aliphatic carbocycles. The largest absolute Gasteiger partial charge is 0.264 e. The molecule has 0 bridgehead atoms. The summed E-state index contributed by atoms with van der Waals surface area (Å²) in [7, 11) is 0. The van der Waals surface area contributed by atoms with Crippen LogP contribution in [-0.4, -0.2) is 25.0 Å². The van der Waals surface area contributed by atoms with Crippen LogP contribution in [0.15, 0.2) is 55.1 Å². The third-order valence-electron chi connectivity index (χ3n) is 2.55. The van der Waals surface area contributed by atoms with Crippen molar-refractivity contribution in [1.82, 2.24) is 25.0 Å². The van der Waals surface area contributed by atoms with Gasteiger partial charge in [-0.15, -0.1) is 5.10 Å². The Bertz CT molecular complexity index is 618. The van der Waals surface area contributed by atoms with Gasteiger partial charge in [0.2, 0.25) is 0 Å². The second-order valence-electron chi connectivity index (χ2n) is 3.86. The maximum Gasteiger partial charge on any atom is 0.114 e. The first-order chi connectivity index (χ1) is 8.92. The summed E-state index contributed by atoms with van der Waals surface area (Å²) in [6, 6.07) is 9.66. The topological polar surface area (TPSA) is 56.5 Å². The Hall–Kier alpha value is -2.56. The quantitative estimate of drug-likeness (QED) is 0.696. The lowest BCUT2D eigenvalue weighted by atomic mass is 10.2. The Morgan fingerprint density at radius 2 is 2.06 bits per heavy atom. The molecule has 3 aromatic rings. The van der Waals surface area contributed by atoms with Crippen LogP contribution in [0.2, 0.25) is 0 Å². The van der Waals surface area contributed by atoms with Crippen molar-refractivity contribution in [1.29, 1.82) is 0 Å². The van der Waals surface area contributed by atoms with Crippen LogP contribution in [0, 0.1) is 0 Å². The van der Waals surface area contributed by atoms with Gasteiger partial charge >= 0.3 is 0 Å². The van der Waals surface area contributed by atoms with E-state index in [0.717, 1.165) is 17.0 Å². The SMILES string of the molecule is c1ccc(Cn2cc(-c3cccnc3)nn2)nc1. The molecule has 0 spiro atoms. The van der Waals surface area contributed by atoms with Gasteiger partial charge < -0.3 is 0 Å². The minimum atomic E-state index is 0.619. The van der Waals surface area contributed by atoms with E-state index in [1.807, 2.05) is 36.5 Å². The normalized spacial score (nSPS) is 10.4. The summed E-state index contributed by atoms with van der Waals surface area (Å²) >= 11 is 0. The van der Waals surface area contributed by atoms with Crippen molar-refractivity contribution in [3.8, 4) is 11.3 Å². The molecular formula is C13H11N5. The summed E-state index contributed by atoms with van der Waals surface area (Å²) in [4.78, 5) is 8.32. The van der Waals surface area contributed by atoms with Crippen molar-refractivity contribution in [3.63, 3.8) is 0 Å². The van der Waals surface area contributed by atoms with E-state index < -0.39 is 0 Å². The monoisotopic (exact) mass is 237 g/mol. The molecular weight excluding hydrogens is 226 g/mol. The van der Waals surface area contributed by atoms with E-state index in [4.69, 9.17) is 0 Å². The predicted molar refractivity (Wildman–Crippen MR) is 66.6 cm³/mol. The van der Waals surface area contributed by atoms with Gasteiger partial charge in [-0.3, -0.25) is 9.97 Å². The van der Waals surface area contributed by atoms with Gasteiger partial charge in [-0.05, 0) is 24.3 Å². The zero-order valence-corrected chi connectivity index (χ0v) is 9.64. The smallest absolute Gasteiger partial charge is 0.114 e. The van der Waals surface area contributed by atoms with Crippen LogP contribution in [0.25, 0.3) is 11.3 Å². The van der Waals surface area contributed by atoms with E-state index in [9.17, 15) is 0 Å². The molecule has 0 fully saturated rings. The van der Waals surface area contributed by atoms with Crippen molar-refractivity contribution in [2.24, 2.45) is 0 Å². The second kappa shape index (κ2) is 4.75. The molecule has 3 aromatic heterocycles. The van der Waals surface area contributed by atoms with Crippen LogP contribution in [0.1, 0.15) is 5.69 Å². The molecule has 0 amide bonds. The molecule has 0 saturated heterocycles. The number of pyridine rings is 2. The van der Waals surface area contributed by atoms with E-state index in [2.05, 4.69) is 20.3 Å². The molecule has 0 N–H and O–H groups in total. The first kappa shape index (κ1) is 10.6. The Labute approximate surface area is 104 Å². The van der Waals surface area contributed by atoms with Crippen molar-refractivity contribution < 1.29 is 0 Å². The van der Waals surface area contributed by atoms with E-state index in [1.54, 1.807) is 23.3 Å². The predicted octanol–water partition coefficient (Wildman–Crippen LogP) is 1.78. The Balaban J connectivity index is 1.82. The molecule has 0 radical (unpaired) electrons. The number of nitrogens with zero attached hydrogens (tertiary/aromatic N) is 5. The molecule has 0 aliphatic rings. The van der Waals surface area contributed by atoms with Gasteiger partial charge in [-0.2, -0.15) is 0 Å². The highest BCUT2D eigenvalue weighted by Crippen LogP contribution is 2.13. The first-order valence-electron chi connectivity index (χ1n) is 5.62. The molecule has 5 heteroatoms. The van der Waals surface area contributed by atoms with Crippen LogP contribution < -0.4 is 0 Å². The van der Waals surface area contributed by atoms with Crippen LogP contribution in [0.3, 0.4) is 0 Å². The molecule has 18 heavy (non-hydrogen) atoms. The highest BCUT2D eigenvalue weighted by atomic mass is 15.4. The number of aromatic nitrogens is 5. The summed E-state index contributed by atoms with van der Waals surface area (Å²) in [6.07, 6.45) is 7.18. The minimum absolute atomic E-state index is 0.619. The Morgan fingerprint density at radius 1 is 1.06 bits per heavy atom. The zero-order chi connectivity index (χ0) is 12.2. The number of hydrogen-bond donors (Lipinski definition) is 0. The van der Waals surface area contributed by atoms with Gasteiger partial charge in [0, 0.05) is 24.2 Å².